The van der Waals surface area contributed by atoms with Gasteiger partial charge >= 0.3 is 0 Å². The minimum atomic E-state index is -1.51. The zero-order valence-corrected chi connectivity index (χ0v) is 14.4. The Morgan fingerprint density at radius 2 is 2.00 bits per heavy atom. The van der Waals surface area contributed by atoms with Crippen LogP contribution in [-0.4, -0.2) is 25.0 Å². The lowest BCUT2D eigenvalue weighted by molar-refractivity contribution is 0.240. The summed E-state index contributed by atoms with van der Waals surface area (Å²) in [6.07, 6.45) is 2.01. The van der Waals surface area contributed by atoms with Gasteiger partial charge in [0, 0.05) is 34.7 Å². The summed E-state index contributed by atoms with van der Waals surface area (Å²) in [5.41, 5.74) is 6.00. The quantitative estimate of drug-likeness (QED) is 0.849. The largest absolute Gasteiger partial charge is 0.399 e. The molecule has 1 aromatic rings. The molecule has 0 saturated heterocycles. The van der Waals surface area contributed by atoms with Crippen molar-refractivity contribution in [3.8, 4) is 18.2 Å². The third-order valence-electron chi connectivity index (χ3n) is 4.91. The first kappa shape index (κ1) is 16.3. The monoisotopic (exact) mass is 335 g/mol. The molecule has 0 spiro atoms. The fourth-order valence-corrected chi connectivity index (χ4v) is 4.86. The topological polar surface area (TPSA) is 101 Å². The number of thiophene rings is 1. The molecule has 0 fully saturated rings. The first-order valence-corrected chi connectivity index (χ1v) is 8.48. The van der Waals surface area contributed by atoms with Crippen LogP contribution < -0.4 is 5.73 Å². The lowest BCUT2D eigenvalue weighted by atomic mass is 9.59. The summed E-state index contributed by atoms with van der Waals surface area (Å²) in [7, 11) is 2.00. The van der Waals surface area contributed by atoms with E-state index in [0.717, 1.165) is 21.9 Å². The van der Waals surface area contributed by atoms with E-state index in [1.165, 1.54) is 0 Å². The summed E-state index contributed by atoms with van der Waals surface area (Å²) < 4.78 is 0. The average Bonchev–Trinajstić information content (AvgIpc) is 3.00. The Morgan fingerprint density at radius 3 is 2.54 bits per heavy atom. The van der Waals surface area contributed by atoms with Crippen LogP contribution in [0.25, 0.3) is 0 Å². The van der Waals surface area contributed by atoms with Gasteiger partial charge in [0.15, 0.2) is 5.41 Å². The second-order valence-corrected chi connectivity index (χ2v) is 7.66. The fourth-order valence-electron chi connectivity index (χ4n) is 3.75. The van der Waals surface area contributed by atoms with Gasteiger partial charge in [-0.1, -0.05) is 6.08 Å². The van der Waals surface area contributed by atoms with Gasteiger partial charge in [0.1, 0.15) is 6.07 Å². The minimum absolute atomic E-state index is 0.0944. The van der Waals surface area contributed by atoms with Crippen molar-refractivity contribution in [3.05, 3.63) is 44.8 Å². The molecule has 24 heavy (non-hydrogen) atoms. The predicted molar refractivity (Wildman–Crippen MR) is 91.4 cm³/mol. The van der Waals surface area contributed by atoms with Gasteiger partial charge in [0.2, 0.25) is 0 Å². The third-order valence-corrected chi connectivity index (χ3v) is 6.00. The molecule has 0 aromatic carbocycles. The molecular formula is C18H17N5S. The number of hydrogen-bond acceptors (Lipinski definition) is 6. The van der Waals surface area contributed by atoms with E-state index in [4.69, 9.17) is 5.73 Å². The fraction of sp³-hybridized carbons (Fsp3) is 0.389. The summed E-state index contributed by atoms with van der Waals surface area (Å²) in [6, 6.07) is 10.4. The first-order valence-electron chi connectivity index (χ1n) is 7.66. The van der Waals surface area contributed by atoms with Gasteiger partial charge < -0.3 is 10.6 Å². The van der Waals surface area contributed by atoms with E-state index < -0.39 is 5.41 Å². The molecule has 0 saturated carbocycles. The summed E-state index contributed by atoms with van der Waals surface area (Å²) in [5.74, 6) is -0.458. The number of rotatable bonds is 1. The molecule has 2 atom stereocenters. The molecule has 2 heterocycles. The van der Waals surface area contributed by atoms with Crippen molar-refractivity contribution in [1.82, 2.24) is 4.90 Å². The predicted octanol–water partition coefficient (Wildman–Crippen LogP) is 2.41. The number of allylic oxidation sites excluding steroid dienone is 2. The van der Waals surface area contributed by atoms with Crippen LogP contribution >= 0.6 is 11.3 Å². The minimum Gasteiger partial charge on any atom is -0.399 e. The molecule has 5 nitrogen and oxygen atoms in total. The number of hydrogen-bond donors (Lipinski definition) is 1. The molecule has 1 aliphatic heterocycles. The molecule has 0 unspecified atom stereocenters. The SMILES string of the molecule is Cc1ccc([C@@H]2[C@H]3CN(C)CC=C3C(C#N)=C(N)C2(C#N)C#N)s1. The highest BCUT2D eigenvalue weighted by atomic mass is 32.1. The van der Waals surface area contributed by atoms with Crippen molar-refractivity contribution in [2.24, 2.45) is 17.1 Å². The van der Waals surface area contributed by atoms with Crippen LogP contribution in [0.15, 0.2) is 35.1 Å². The number of nitriles is 3. The van der Waals surface area contributed by atoms with Crippen molar-refractivity contribution in [1.29, 1.82) is 15.8 Å². The molecule has 120 valence electrons. The number of nitrogens with two attached hydrogens (primary N) is 1. The van der Waals surface area contributed by atoms with Crippen LogP contribution in [0.5, 0.6) is 0 Å². The Bertz CT molecular complexity index is 856. The Morgan fingerprint density at radius 1 is 1.29 bits per heavy atom. The highest BCUT2D eigenvalue weighted by Gasteiger charge is 2.54. The Balaban J connectivity index is 2.33. The molecule has 1 aromatic heterocycles. The molecule has 1 aliphatic carbocycles. The number of fused-ring (bicyclic) bond motifs is 1. The van der Waals surface area contributed by atoms with Gasteiger partial charge in [-0.3, -0.25) is 0 Å². The van der Waals surface area contributed by atoms with E-state index in [0.29, 0.717) is 12.1 Å². The van der Waals surface area contributed by atoms with Crippen LogP contribution in [0, 0.1) is 52.2 Å². The van der Waals surface area contributed by atoms with Gasteiger partial charge in [-0.15, -0.1) is 11.3 Å². The summed E-state index contributed by atoms with van der Waals surface area (Å²) in [4.78, 5) is 4.23. The Labute approximate surface area is 145 Å². The van der Waals surface area contributed by atoms with Crippen molar-refractivity contribution in [2.45, 2.75) is 12.8 Å². The van der Waals surface area contributed by atoms with Gasteiger partial charge in [-0.2, -0.15) is 15.8 Å². The highest BCUT2D eigenvalue weighted by Crippen LogP contribution is 2.55. The van der Waals surface area contributed by atoms with E-state index >= 15 is 0 Å². The van der Waals surface area contributed by atoms with E-state index in [-0.39, 0.29) is 17.5 Å². The zero-order valence-electron chi connectivity index (χ0n) is 13.6. The summed E-state index contributed by atoms with van der Waals surface area (Å²) >= 11 is 1.59. The molecule has 2 aliphatic rings. The second kappa shape index (κ2) is 5.80. The van der Waals surface area contributed by atoms with E-state index in [2.05, 4.69) is 23.1 Å². The second-order valence-electron chi connectivity index (χ2n) is 6.35. The molecule has 0 radical (unpaired) electrons. The molecule has 3 rings (SSSR count). The summed E-state index contributed by atoms with van der Waals surface area (Å²) in [6.45, 7) is 3.42. The van der Waals surface area contributed by atoms with Crippen LogP contribution in [0.1, 0.15) is 15.7 Å². The number of nitrogens with zero attached hydrogens (tertiary/aromatic N) is 4. The van der Waals surface area contributed by atoms with E-state index in [1.54, 1.807) is 11.3 Å². The molecule has 2 N–H and O–H groups in total. The molecule has 0 amide bonds. The van der Waals surface area contributed by atoms with Crippen molar-refractivity contribution in [2.75, 3.05) is 20.1 Å². The third kappa shape index (κ3) is 2.14. The standard InChI is InChI=1S/C18H17N5S/c1-11-3-4-15(24-11)16-14-8-23(2)6-5-12(14)13(7-19)17(22)18(16,9-20)10-21/h3-5,14,16H,6,8,22H2,1-2H3/t14-,16-/m0/s1. The average molecular weight is 335 g/mol. The maximum absolute atomic E-state index is 9.90. The maximum Gasteiger partial charge on any atom is 0.192 e. The van der Waals surface area contributed by atoms with Crippen LogP contribution in [0.2, 0.25) is 0 Å². The van der Waals surface area contributed by atoms with E-state index in [1.807, 2.05) is 32.2 Å². The number of likely N-dealkylation sites (N-methyl/N-ethyl adjacent to an activating group) is 1. The van der Waals surface area contributed by atoms with Crippen LogP contribution in [0.4, 0.5) is 0 Å². The maximum atomic E-state index is 9.90. The lowest BCUT2D eigenvalue weighted by Gasteiger charge is -2.44. The van der Waals surface area contributed by atoms with Crippen molar-refractivity contribution in [3.63, 3.8) is 0 Å². The van der Waals surface area contributed by atoms with E-state index in [9.17, 15) is 15.8 Å². The van der Waals surface area contributed by atoms with Crippen molar-refractivity contribution >= 4 is 11.3 Å². The molecule has 6 heteroatoms. The van der Waals surface area contributed by atoms with Crippen LogP contribution in [0.3, 0.4) is 0 Å². The van der Waals surface area contributed by atoms with Crippen LogP contribution in [-0.2, 0) is 0 Å². The smallest absolute Gasteiger partial charge is 0.192 e. The number of aryl methyl sites for hydroxylation is 1. The van der Waals surface area contributed by atoms with Gasteiger partial charge in [0.25, 0.3) is 0 Å². The zero-order chi connectivity index (χ0) is 17.5. The van der Waals surface area contributed by atoms with Gasteiger partial charge in [-0.25, -0.2) is 0 Å². The lowest BCUT2D eigenvalue weighted by Crippen LogP contribution is -2.47. The molecular weight excluding hydrogens is 318 g/mol. The first-order chi connectivity index (χ1) is 11.5. The normalized spacial score (nSPS) is 25.9. The van der Waals surface area contributed by atoms with Crippen molar-refractivity contribution < 1.29 is 0 Å². The van der Waals surface area contributed by atoms with Gasteiger partial charge in [-0.05, 0) is 31.7 Å². The highest BCUT2D eigenvalue weighted by molar-refractivity contribution is 7.12. The Kier molecular flexibility index (Phi) is 3.93. The summed E-state index contributed by atoms with van der Waals surface area (Å²) in [5, 5.41) is 29.4. The molecule has 0 bridgehead atoms. The Hall–Kier alpha value is -2.59. The van der Waals surface area contributed by atoms with Gasteiger partial charge in [0.05, 0.1) is 23.4 Å².